The van der Waals surface area contributed by atoms with Gasteiger partial charge in [-0.2, -0.15) is 4.31 Å². The van der Waals surface area contributed by atoms with Crippen molar-refractivity contribution in [3.63, 3.8) is 0 Å². The van der Waals surface area contributed by atoms with Crippen LogP contribution in [0.4, 0.5) is 4.79 Å². The average molecular weight is 469 g/mol. The maximum Gasteiger partial charge on any atom is 0.317 e. The van der Waals surface area contributed by atoms with Crippen LogP contribution < -0.4 is 14.8 Å². The summed E-state index contributed by atoms with van der Waals surface area (Å²) >= 11 is 0. The van der Waals surface area contributed by atoms with Gasteiger partial charge in [-0.15, -0.1) is 0 Å². The second kappa shape index (κ2) is 11.2. The van der Waals surface area contributed by atoms with Crippen LogP contribution in [0.15, 0.2) is 23.1 Å². The summed E-state index contributed by atoms with van der Waals surface area (Å²) in [6.45, 7) is 10.9. The highest BCUT2D eigenvalue weighted by atomic mass is 32.2. The number of piperidine rings is 1. The molecule has 0 aromatic heterocycles. The monoisotopic (exact) mass is 468 g/mol. The third kappa shape index (κ3) is 5.85. The highest BCUT2D eigenvalue weighted by Gasteiger charge is 2.32. The number of urea groups is 1. The number of nitrogens with one attached hydrogen (secondary N) is 1. The lowest BCUT2D eigenvalue weighted by Crippen LogP contribution is -2.56. The molecule has 180 valence electrons. The number of amides is 2. The average Bonchev–Trinajstić information content (AvgIpc) is 2.80. The van der Waals surface area contributed by atoms with E-state index in [1.165, 1.54) is 10.4 Å². The first-order chi connectivity index (χ1) is 15.4. The fraction of sp³-hybridized carbons (Fsp3) is 0.682. The van der Waals surface area contributed by atoms with Gasteiger partial charge in [0.15, 0.2) is 11.5 Å². The Morgan fingerprint density at radius 1 is 1.03 bits per heavy atom. The molecule has 1 aromatic carbocycles. The van der Waals surface area contributed by atoms with Crippen molar-refractivity contribution >= 4 is 16.1 Å². The van der Waals surface area contributed by atoms with Gasteiger partial charge in [-0.05, 0) is 51.9 Å². The van der Waals surface area contributed by atoms with E-state index < -0.39 is 10.0 Å². The number of rotatable bonds is 8. The van der Waals surface area contributed by atoms with Crippen LogP contribution in [-0.2, 0) is 10.0 Å². The summed E-state index contributed by atoms with van der Waals surface area (Å²) in [6, 6.07) is 4.74. The molecule has 0 saturated carbocycles. The molecule has 1 N–H and O–H groups in total. The molecule has 2 fully saturated rings. The van der Waals surface area contributed by atoms with Crippen LogP contribution in [0.25, 0.3) is 0 Å². The Kier molecular flexibility index (Phi) is 8.61. The van der Waals surface area contributed by atoms with E-state index in [0.717, 1.165) is 32.5 Å². The highest BCUT2D eigenvalue weighted by molar-refractivity contribution is 7.89. The maximum atomic E-state index is 13.2. The summed E-state index contributed by atoms with van der Waals surface area (Å²) in [7, 11) is -3.69. The van der Waals surface area contributed by atoms with Gasteiger partial charge < -0.3 is 24.6 Å². The summed E-state index contributed by atoms with van der Waals surface area (Å²) in [5.41, 5.74) is 0. The molecular formula is C22H36N4O5S. The van der Waals surface area contributed by atoms with E-state index in [1.54, 1.807) is 17.0 Å². The predicted octanol–water partition coefficient (Wildman–Crippen LogP) is 1.98. The third-order valence-corrected chi connectivity index (χ3v) is 7.85. The van der Waals surface area contributed by atoms with Crippen LogP contribution in [0.2, 0.25) is 0 Å². The lowest BCUT2D eigenvalue weighted by molar-refractivity contribution is 0.154. The van der Waals surface area contributed by atoms with Crippen LogP contribution in [0.1, 0.15) is 33.6 Å². The number of piperazine rings is 1. The Morgan fingerprint density at radius 2 is 1.72 bits per heavy atom. The number of likely N-dealkylation sites (N-methyl/N-ethyl adjacent to an activating group) is 1. The Labute approximate surface area is 191 Å². The lowest BCUT2D eigenvalue weighted by Gasteiger charge is -2.37. The smallest absolute Gasteiger partial charge is 0.317 e. The SMILES string of the molecule is CCOc1ccc(S(=O)(=O)N2CCN(C(=O)N[C@H]3CCCN(CC)C3)CC2)cc1OCC. The zero-order valence-electron chi connectivity index (χ0n) is 19.4. The van der Waals surface area contributed by atoms with Crippen LogP contribution in [0, 0.1) is 0 Å². The van der Waals surface area contributed by atoms with Crippen molar-refractivity contribution < 1.29 is 22.7 Å². The van der Waals surface area contributed by atoms with Gasteiger partial charge in [0.05, 0.1) is 18.1 Å². The molecule has 2 saturated heterocycles. The molecule has 0 bridgehead atoms. The van der Waals surface area contributed by atoms with Gasteiger partial charge >= 0.3 is 6.03 Å². The van der Waals surface area contributed by atoms with Crippen LogP contribution in [0.3, 0.4) is 0 Å². The van der Waals surface area contributed by atoms with Crippen LogP contribution in [0.5, 0.6) is 11.5 Å². The van der Waals surface area contributed by atoms with Gasteiger partial charge in [0.2, 0.25) is 10.0 Å². The van der Waals surface area contributed by atoms with Crippen molar-refractivity contribution in [3.05, 3.63) is 18.2 Å². The zero-order valence-corrected chi connectivity index (χ0v) is 20.2. The number of hydrogen-bond donors (Lipinski definition) is 1. The summed E-state index contributed by atoms with van der Waals surface area (Å²) in [5.74, 6) is 0.946. The summed E-state index contributed by atoms with van der Waals surface area (Å²) < 4.78 is 38.9. The molecule has 1 aromatic rings. The fourth-order valence-electron chi connectivity index (χ4n) is 4.20. The first-order valence-electron chi connectivity index (χ1n) is 11.6. The highest BCUT2D eigenvalue weighted by Crippen LogP contribution is 2.31. The maximum absolute atomic E-state index is 13.2. The number of carbonyl (C=O) groups excluding carboxylic acids is 1. The standard InChI is InChI=1S/C22H36N4O5S/c1-4-24-11-7-8-18(17-24)23-22(27)25-12-14-26(15-13-25)32(28,29)19-9-10-20(30-5-2)21(16-19)31-6-3/h9-10,16,18H,4-8,11-15,17H2,1-3H3,(H,23,27)/t18-/m0/s1. The molecule has 0 aliphatic carbocycles. The number of sulfonamides is 1. The second-order valence-corrected chi connectivity index (χ2v) is 9.99. The van der Waals surface area contributed by atoms with E-state index in [2.05, 4.69) is 17.1 Å². The zero-order chi connectivity index (χ0) is 23.1. The molecule has 1 atom stereocenters. The fourth-order valence-corrected chi connectivity index (χ4v) is 5.64. The number of ether oxygens (including phenoxy) is 2. The molecular weight excluding hydrogens is 432 g/mol. The minimum Gasteiger partial charge on any atom is -0.490 e. The van der Waals surface area contributed by atoms with Crippen molar-refractivity contribution in [3.8, 4) is 11.5 Å². The van der Waals surface area contributed by atoms with E-state index in [1.807, 2.05) is 13.8 Å². The number of likely N-dealkylation sites (tertiary alicyclic amines) is 1. The summed E-state index contributed by atoms with van der Waals surface area (Å²) in [4.78, 5) is 16.9. The van der Waals surface area contributed by atoms with Gasteiger partial charge in [-0.1, -0.05) is 6.92 Å². The molecule has 2 amide bonds. The molecule has 10 heteroatoms. The first-order valence-corrected chi connectivity index (χ1v) is 13.0. The van der Waals surface area contributed by atoms with E-state index in [-0.39, 0.29) is 30.1 Å². The van der Waals surface area contributed by atoms with Crippen molar-refractivity contribution in [1.29, 1.82) is 0 Å². The van der Waals surface area contributed by atoms with Crippen molar-refractivity contribution in [2.75, 3.05) is 59.0 Å². The molecule has 9 nitrogen and oxygen atoms in total. The molecule has 3 rings (SSSR count). The molecule has 2 aliphatic heterocycles. The number of benzene rings is 1. The number of carbonyl (C=O) groups is 1. The molecule has 2 heterocycles. The topological polar surface area (TPSA) is 91.4 Å². The number of hydrogen-bond acceptors (Lipinski definition) is 6. The minimum atomic E-state index is -3.69. The van der Waals surface area contributed by atoms with Gasteiger partial charge in [0.1, 0.15) is 0 Å². The predicted molar refractivity (Wildman–Crippen MR) is 123 cm³/mol. The Morgan fingerprint density at radius 3 is 2.38 bits per heavy atom. The van der Waals surface area contributed by atoms with Crippen LogP contribution >= 0.6 is 0 Å². The molecule has 0 unspecified atom stereocenters. The van der Waals surface area contributed by atoms with Crippen molar-refractivity contribution in [1.82, 2.24) is 19.4 Å². The molecule has 32 heavy (non-hydrogen) atoms. The molecule has 0 radical (unpaired) electrons. The van der Waals surface area contributed by atoms with Gasteiger partial charge in [0, 0.05) is 44.8 Å². The van der Waals surface area contributed by atoms with Crippen LogP contribution in [-0.4, -0.2) is 93.6 Å². The Balaban J connectivity index is 1.60. The van der Waals surface area contributed by atoms with Gasteiger partial charge in [0.25, 0.3) is 0 Å². The van der Waals surface area contributed by atoms with Gasteiger partial charge in [-0.25, -0.2) is 13.2 Å². The lowest BCUT2D eigenvalue weighted by atomic mass is 10.1. The first kappa shape index (κ1) is 24.6. The van der Waals surface area contributed by atoms with E-state index in [0.29, 0.717) is 37.8 Å². The third-order valence-electron chi connectivity index (χ3n) is 5.96. The molecule has 0 spiro atoms. The van der Waals surface area contributed by atoms with Gasteiger partial charge in [-0.3, -0.25) is 0 Å². The summed E-state index contributed by atoms with van der Waals surface area (Å²) in [6.07, 6.45) is 2.06. The normalized spacial score (nSPS) is 20.7. The van der Waals surface area contributed by atoms with E-state index in [4.69, 9.17) is 9.47 Å². The van der Waals surface area contributed by atoms with E-state index in [9.17, 15) is 13.2 Å². The second-order valence-electron chi connectivity index (χ2n) is 8.05. The largest absolute Gasteiger partial charge is 0.490 e. The van der Waals surface area contributed by atoms with E-state index >= 15 is 0 Å². The van der Waals surface area contributed by atoms with Crippen molar-refractivity contribution in [2.24, 2.45) is 0 Å². The van der Waals surface area contributed by atoms with Crippen molar-refractivity contribution in [2.45, 2.75) is 44.6 Å². The minimum absolute atomic E-state index is 0.107. The molecule has 2 aliphatic rings. The Bertz CT molecular complexity index is 871. The number of nitrogens with zero attached hydrogens (tertiary/aromatic N) is 3. The Hall–Kier alpha value is -2.04. The quantitative estimate of drug-likeness (QED) is 0.627. The summed E-state index contributed by atoms with van der Waals surface area (Å²) in [5, 5.41) is 3.12.